The van der Waals surface area contributed by atoms with E-state index in [2.05, 4.69) is 15.3 Å². The van der Waals surface area contributed by atoms with E-state index in [-0.39, 0.29) is 25.5 Å². The Morgan fingerprint density at radius 3 is 2.59 bits per heavy atom. The third-order valence-corrected chi connectivity index (χ3v) is 7.47. The molecule has 0 aliphatic carbocycles. The van der Waals surface area contributed by atoms with Gasteiger partial charge < -0.3 is 24.6 Å². The number of hydrogen-bond acceptors (Lipinski definition) is 7. The van der Waals surface area contributed by atoms with Crippen molar-refractivity contribution < 1.29 is 32.9 Å². The van der Waals surface area contributed by atoms with Gasteiger partial charge in [-0.05, 0) is 70.8 Å². The molecule has 2 atom stereocenters. The first kappa shape index (κ1) is 32.0. The predicted molar refractivity (Wildman–Crippen MR) is 167 cm³/mol. The molecule has 0 saturated heterocycles. The fraction of sp³-hybridized carbons (Fsp3) is 0.235. The minimum Gasteiger partial charge on any atom is -0.497 e. The molecule has 5 rings (SSSR count). The summed E-state index contributed by atoms with van der Waals surface area (Å²) in [5.74, 6) is -1.29. The van der Waals surface area contributed by atoms with Crippen molar-refractivity contribution in [2.75, 3.05) is 20.3 Å². The third-order valence-electron chi connectivity index (χ3n) is 7.47. The van der Waals surface area contributed by atoms with E-state index in [1.807, 2.05) is 0 Å². The Hall–Kier alpha value is -5.45. The second kappa shape index (κ2) is 14.6. The average molecular weight is 628 g/mol. The summed E-state index contributed by atoms with van der Waals surface area (Å²) in [7, 11) is 1.53. The molecule has 1 aliphatic rings. The first-order valence-electron chi connectivity index (χ1n) is 14.5. The van der Waals surface area contributed by atoms with E-state index in [1.165, 1.54) is 13.2 Å². The molecule has 0 saturated carbocycles. The van der Waals surface area contributed by atoms with Crippen LogP contribution >= 0.6 is 0 Å². The van der Waals surface area contributed by atoms with Crippen molar-refractivity contribution >= 4 is 17.5 Å². The second-order valence-electron chi connectivity index (χ2n) is 10.5. The molecular weight excluding hydrogens is 596 g/mol. The number of nitrogens with one attached hydrogen (secondary N) is 1. The molecule has 1 amide bonds. The number of nitrogens with zero attached hydrogens (tertiary/aromatic N) is 4. The van der Waals surface area contributed by atoms with Crippen molar-refractivity contribution in [3.8, 4) is 11.5 Å². The summed E-state index contributed by atoms with van der Waals surface area (Å²) in [6, 6.07) is 24.3. The maximum absolute atomic E-state index is 14.4. The van der Waals surface area contributed by atoms with E-state index < -0.39 is 29.2 Å². The summed E-state index contributed by atoms with van der Waals surface area (Å²) in [6.07, 6.45) is -0.541. The lowest BCUT2D eigenvalue weighted by Crippen LogP contribution is -2.49. The van der Waals surface area contributed by atoms with Crippen molar-refractivity contribution in [2.24, 2.45) is 10.1 Å². The van der Waals surface area contributed by atoms with Crippen LogP contribution in [0.4, 0.5) is 14.5 Å². The number of hydrogen-bond donors (Lipinski definition) is 2. The summed E-state index contributed by atoms with van der Waals surface area (Å²) >= 11 is 0. The van der Waals surface area contributed by atoms with Crippen molar-refractivity contribution in [2.45, 2.75) is 31.0 Å². The molecule has 0 radical (unpaired) electrons. The molecule has 12 heteroatoms. The van der Waals surface area contributed by atoms with Crippen molar-refractivity contribution in [3.05, 3.63) is 135 Å². The van der Waals surface area contributed by atoms with Crippen LogP contribution in [0.3, 0.4) is 0 Å². The van der Waals surface area contributed by atoms with Crippen molar-refractivity contribution in [1.29, 1.82) is 0 Å². The predicted octanol–water partition coefficient (Wildman–Crippen LogP) is 6.49. The molecular formula is C34H31F2N5O5. The van der Waals surface area contributed by atoms with E-state index in [4.69, 9.17) is 24.3 Å². The SMILES string of the molecule is COc1cccc([C@H]2OC(c3ccc(OCCCO)cc3)=N[C@@]2(Cc2ccccc2N=[N+]=[N-])C(=O)NCc2ccc(F)c(F)c2)c1. The lowest BCUT2D eigenvalue weighted by Gasteiger charge is -2.31. The smallest absolute Gasteiger partial charge is 0.252 e. The summed E-state index contributed by atoms with van der Waals surface area (Å²) in [4.78, 5) is 22.3. The highest BCUT2D eigenvalue weighted by Gasteiger charge is 2.53. The first-order chi connectivity index (χ1) is 22.4. The highest BCUT2D eigenvalue weighted by Crippen LogP contribution is 2.44. The van der Waals surface area contributed by atoms with Gasteiger partial charge in [-0.25, -0.2) is 13.8 Å². The number of aliphatic imine (C=N–C) groups is 1. The molecule has 0 spiro atoms. The molecule has 0 bridgehead atoms. The number of methoxy groups -OCH3 is 1. The number of amides is 1. The lowest BCUT2D eigenvalue weighted by molar-refractivity contribution is -0.129. The van der Waals surface area contributed by atoms with Crippen LogP contribution in [-0.4, -0.2) is 42.8 Å². The number of carbonyl (C=O) groups excluding carboxylic acids is 1. The number of aliphatic hydroxyl groups is 1. The quantitative estimate of drug-likeness (QED) is 0.0755. The van der Waals surface area contributed by atoms with Crippen LogP contribution in [0, 0.1) is 11.6 Å². The molecule has 10 nitrogen and oxygen atoms in total. The number of ether oxygens (including phenoxy) is 3. The fourth-order valence-corrected chi connectivity index (χ4v) is 5.17. The second-order valence-corrected chi connectivity index (χ2v) is 10.5. The van der Waals surface area contributed by atoms with E-state index in [0.29, 0.717) is 52.5 Å². The number of benzene rings is 4. The van der Waals surface area contributed by atoms with Crippen molar-refractivity contribution in [1.82, 2.24) is 5.32 Å². The van der Waals surface area contributed by atoms with Crippen LogP contribution in [0.1, 0.15) is 34.8 Å². The Bertz CT molecular complexity index is 1780. The van der Waals surface area contributed by atoms with Gasteiger partial charge >= 0.3 is 0 Å². The average Bonchev–Trinajstić information content (AvgIpc) is 3.47. The van der Waals surface area contributed by atoms with Gasteiger partial charge in [0.15, 0.2) is 23.3 Å². The van der Waals surface area contributed by atoms with Crippen LogP contribution in [0.5, 0.6) is 11.5 Å². The molecule has 0 aromatic heterocycles. The van der Waals surface area contributed by atoms with Gasteiger partial charge in [-0.15, -0.1) is 0 Å². The number of aliphatic hydroxyl groups excluding tert-OH is 1. The number of rotatable bonds is 13. The highest BCUT2D eigenvalue weighted by atomic mass is 19.2. The molecule has 4 aromatic rings. The minimum absolute atomic E-state index is 0.0114. The van der Waals surface area contributed by atoms with Crippen LogP contribution in [0.2, 0.25) is 0 Å². The Morgan fingerprint density at radius 2 is 1.85 bits per heavy atom. The monoisotopic (exact) mass is 627 g/mol. The van der Waals surface area contributed by atoms with E-state index >= 15 is 0 Å². The molecule has 236 valence electrons. The van der Waals surface area contributed by atoms with Gasteiger partial charge in [-0.1, -0.05) is 47.6 Å². The highest BCUT2D eigenvalue weighted by molar-refractivity contribution is 6.01. The van der Waals surface area contributed by atoms with Crippen LogP contribution < -0.4 is 14.8 Å². The van der Waals surface area contributed by atoms with Crippen LogP contribution in [-0.2, 0) is 22.5 Å². The van der Waals surface area contributed by atoms with Crippen molar-refractivity contribution in [3.63, 3.8) is 0 Å². The van der Waals surface area contributed by atoms with Gasteiger partial charge in [0.1, 0.15) is 11.5 Å². The first-order valence-corrected chi connectivity index (χ1v) is 14.5. The molecule has 1 aliphatic heterocycles. The zero-order valence-corrected chi connectivity index (χ0v) is 24.9. The van der Waals surface area contributed by atoms with Crippen LogP contribution in [0.25, 0.3) is 10.4 Å². The Labute approximate surface area is 263 Å². The van der Waals surface area contributed by atoms with Gasteiger partial charge in [0.25, 0.3) is 5.91 Å². The van der Waals surface area contributed by atoms with Gasteiger partial charge in [-0.3, -0.25) is 4.79 Å². The number of carbonyl (C=O) groups is 1. The van der Waals surface area contributed by atoms with Gasteiger partial charge in [-0.2, -0.15) is 0 Å². The Kier molecular flexibility index (Phi) is 10.1. The fourth-order valence-electron chi connectivity index (χ4n) is 5.17. The molecule has 1 heterocycles. The maximum Gasteiger partial charge on any atom is 0.252 e. The molecule has 2 N–H and O–H groups in total. The largest absolute Gasteiger partial charge is 0.497 e. The normalized spacial score (nSPS) is 17.0. The standard InChI is InChI=1S/C34H31F2N5O5/c1-44-27-8-4-7-24(19-27)31-34(20-25-6-2-3-9-30(25)40-41-37,33(43)38-21-22-10-15-28(35)29(36)18-22)39-32(46-31)23-11-13-26(14-12-23)45-17-5-16-42/h2-4,6-15,18-19,31,42H,5,16-17,20-21H2,1H3,(H,38,43)/t31-,34-/m1/s1. The summed E-state index contributed by atoms with van der Waals surface area (Å²) in [6.45, 7) is 0.236. The molecule has 0 fully saturated rings. The van der Waals surface area contributed by atoms with E-state index in [0.717, 1.165) is 12.1 Å². The lowest BCUT2D eigenvalue weighted by atomic mass is 9.81. The van der Waals surface area contributed by atoms with E-state index in [9.17, 15) is 19.1 Å². The van der Waals surface area contributed by atoms with Gasteiger partial charge in [0, 0.05) is 42.2 Å². The Balaban J connectivity index is 1.61. The topological polar surface area (TPSA) is 138 Å². The minimum atomic E-state index is -1.66. The molecule has 0 unspecified atom stereocenters. The van der Waals surface area contributed by atoms with Gasteiger partial charge in [0.2, 0.25) is 5.90 Å². The summed E-state index contributed by atoms with van der Waals surface area (Å²) in [5, 5.41) is 15.7. The number of azide groups is 1. The molecule has 46 heavy (non-hydrogen) atoms. The maximum atomic E-state index is 14.4. The summed E-state index contributed by atoms with van der Waals surface area (Å²) < 4.78 is 45.2. The number of halogens is 2. The van der Waals surface area contributed by atoms with Gasteiger partial charge in [0.05, 0.1) is 13.7 Å². The summed E-state index contributed by atoms with van der Waals surface area (Å²) in [5.41, 5.74) is 9.93. The third kappa shape index (κ3) is 7.09. The Morgan fingerprint density at radius 1 is 1.04 bits per heavy atom. The van der Waals surface area contributed by atoms with E-state index in [1.54, 1.807) is 72.8 Å². The van der Waals surface area contributed by atoms with Crippen LogP contribution in [0.15, 0.2) is 101 Å². The molecule has 4 aromatic carbocycles. The zero-order chi connectivity index (χ0) is 32.5. The zero-order valence-electron chi connectivity index (χ0n) is 24.9.